The molecule has 0 radical (unpaired) electrons. The fraction of sp³-hybridized carbons (Fsp3) is 0.375. The normalized spacial score (nSPS) is 19.0. The molecular formula is C16H17NO4. The van der Waals surface area contributed by atoms with Crippen LogP contribution in [0.4, 0.5) is 0 Å². The van der Waals surface area contributed by atoms with Crippen LogP contribution in [-0.2, 0) is 4.74 Å². The van der Waals surface area contributed by atoms with E-state index in [1.54, 1.807) is 17.0 Å². The predicted octanol–water partition coefficient (Wildman–Crippen LogP) is 1.96. The van der Waals surface area contributed by atoms with Gasteiger partial charge in [-0.15, -0.1) is 0 Å². The average Bonchev–Trinajstić information content (AvgIpc) is 2.47. The molecule has 1 aliphatic rings. The molecule has 0 bridgehead atoms. The second-order valence-electron chi connectivity index (χ2n) is 5.41. The summed E-state index contributed by atoms with van der Waals surface area (Å²) in [4.78, 5) is 26.3. The highest BCUT2D eigenvalue weighted by Crippen LogP contribution is 2.16. The summed E-state index contributed by atoms with van der Waals surface area (Å²) in [5.41, 5.74) is 1.23. The number of hydrogen-bond donors (Lipinski definition) is 0. The molecule has 0 unspecified atom stereocenters. The molecular weight excluding hydrogens is 270 g/mol. The maximum Gasteiger partial charge on any atom is 0.289 e. The van der Waals surface area contributed by atoms with Crippen LogP contribution in [0.25, 0.3) is 11.0 Å². The summed E-state index contributed by atoms with van der Waals surface area (Å²) >= 11 is 0. The number of fused-ring (bicyclic) bond motifs is 1. The summed E-state index contributed by atoms with van der Waals surface area (Å²) < 4.78 is 11.0. The molecule has 0 N–H and O–H groups in total. The first-order valence-electron chi connectivity index (χ1n) is 7.00. The third kappa shape index (κ3) is 2.69. The van der Waals surface area contributed by atoms with Crippen LogP contribution in [0.2, 0.25) is 0 Å². The summed E-state index contributed by atoms with van der Waals surface area (Å²) in [5, 5.41) is 0.502. The van der Waals surface area contributed by atoms with E-state index < -0.39 is 0 Å². The molecule has 0 spiro atoms. The van der Waals surface area contributed by atoms with Crippen molar-refractivity contribution in [2.75, 3.05) is 19.7 Å². The summed E-state index contributed by atoms with van der Waals surface area (Å²) in [6.45, 7) is 5.35. The number of benzene rings is 1. The van der Waals surface area contributed by atoms with Crippen LogP contribution >= 0.6 is 0 Å². The van der Waals surface area contributed by atoms with Crippen molar-refractivity contribution in [2.24, 2.45) is 0 Å². The Hall–Kier alpha value is -2.14. The highest BCUT2D eigenvalue weighted by atomic mass is 16.5. The summed E-state index contributed by atoms with van der Waals surface area (Å²) in [6, 6.07) is 6.64. The quantitative estimate of drug-likeness (QED) is 0.804. The number of ether oxygens (including phenoxy) is 1. The summed E-state index contributed by atoms with van der Waals surface area (Å²) in [7, 11) is 0. The smallest absolute Gasteiger partial charge is 0.289 e. The van der Waals surface area contributed by atoms with E-state index >= 15 is 0 Å². The molecule has 5 nitrogen and oxygen atoms in total. The van der Waals surface area contributed by atoms with Gasteiger partial charge in [-0.1, -0.05) is 11.6 Å². The van der Waals surface area contributed by atoms with Gasteiger partial charge in [-0.2, -0.15) is 0 Å². The van der Waals surface area contributed by atoms with Crippen molar-refractivity contribution in [1.29, 1.82) is 0 Å². The van der Waals surface area contributed by atoms with Gasteiger partial charge in [0.2, 0.25) is 0 Å². The zero-order chi connectivity index (χ0) is 15.0. The van der Waals surface area contributed by atoms with Gasteiger partial charge in [-0.25, -0.2) is 0 Å². The standard InChI is InChI=1S/C16H17NO4/c1-10-3-4-14-12(7-10)13(18)8-15(21-14)16(19)17-5-6-20-11(2)9-17/h3-4,7-8,11H,5-6,9H2,1-2H3/t11-/m0/s1. The molecule has 1 aromatic heterocycles. The predicted molar refractivity (Wildman–Crippen MR) is 78.5 cm³/mol. The molecule has 2 heterocycles. The number of aryl methyl sites for hydroxylation is 1. The van der Waals surface area contributed by atoms with E-state index in [0.717, 1.165) is 5.56 Å². The number of amides is 1. The molecule has 5 heteroatoms. The molecule has 1 atom stereocenters. The highest BCUT2D eigenvalue weighted by molar-refractivity contribution is 5.93. The Balaban J connectivity index is 1.99. The third-order valence-corrected chi connectivity index (χ3v) is 3.62. The Bertz CT molecular complexity index is 750. The van der Waals surface area contributed by atoms with Crippen LogP contribution in [0.15, 0.2) is 33.5 Å². The SMILES string of the molecule is Cc1ccc2oc(C(=O)N3CCO[C@@H](C)C3)cc(=O)c2c1. The third-order valence-electron chi connectivity index (χ3n) is 3.62. The number of carbonyl (C=O) groups excluding carboxylic acids is 1. The lowest BCUT2D eigenvalue weighted by Gasteiger charge is -2.30. The van der Waals surface area contributed by atoms with Crippen LogP contribution in [-0.4, -0.2) is 36.6 Å². The molecule has 110 valence electrons. The average molecular weight is 287 g/mol. The zero-order valence-electron chi connectivity index (χ0n) is 12.1. The monoisotopic (exact) mass is 287 g/mol. The summed E-state index contributed by atoms with van der Waals surface area (Å²) in [6.07, 6.45) is -0.00229. The van der Waals surface area contributed by atoms with Crippen LogP contribution < -0.4 is 5.43 Å². The minimum atomic E-state index is -0.260. The van der Waals surface area contributed by atoms with Gasteiger partial charge in [0, 0.05) is 19.2 Å². The molecule has 3 rings (SSSR count). The molecule has 1 saturated heterocycles. The molecule has 21 heavy (non-hydrogen) atoms. The second-order valence-corrected chi connectivity index (χ2v) is 5.41. The highest BCUT2D eigenvalue weighted by Gasteiger charge is 2.24. The maximum absolute atomic E-state index is 12.4. The van der Waals surface area contributed by atoms with Gasteiger partial charge in [0.15, 0.2) is 11.2 Å². The van der Waals surface area contributed by atoms with Gasteiger partial charge in [-0.3, -0.25) is 9.59 Å². The van der Waals surface area contributed by atoms with Crippen molar-refractivity contribution in [2.45, 2.75) is 20.0 Å². The van der Waals surface area contributed by atoms with E-state index in [4.69, 9.17) is 9.15 Å². The number of hydrogen-bond acceptors (Lipinski definition) is 4. The van der Waals surface area contributed by atoms with Gasteiger partial charge in [0.25, 0.3) is 5.91 Å². The number of morpholine rings is 1. The number of carbonyl (C=O) groups is 1. The maximum atomic E-state index is 12.4. The topological polar surface area (TPSA) is 59.8 Å². The Morgan fingerprint density at radius 2 is 2.14 bits per heavy atom. The van der Waals surface area contributed by atoms with Crippen LogP contribution in [0.5, 0.6) is 0 Å². The minimum Gasteiger partial charge on any atom is -0.451 e. The van der Waals surface area contributed by atoms with Crippen molar-refractivity contribution < 1.29 is 13.9 Å². The van der Waals surface area contributed by atoms with E-state index in [1.807, 2.05) is 19.9 Å². The first-order chi connectivity index (χ1) is 10.0. The van der Waals surface area contributed by atoms with Gasteiger partial charge in [0.05, 0.1) is 18.1 Å². The first-order valence-corrected chi connectivity index (χ1v) is 7.00. The Morgan fingerprint density at radius 3 is 2.90 bits per heavy atom. The molecule has 1 amide bonds. The fourth-order valence-electron chi connectivity index (χ4n) is 2.53. The molecule has 0 saturated carbocycles. The molecule has 0 aliphatic carbocycles. The van der Waals surface area contributed by atoms with Gasteiger partial charge < -0.3 is 14.1 Å². The van der Waals surface area contributed by atoms with E-state index in [1.165, 1.54) is 6.07 Å². The fourth-order valence-corrected chi connectivity index (χ4v) is 2.53. The van der Waals surface area contributed by atoms with Crippen molar-refractivity contribution in [3.8, 4) is 0 Å². The van der Waals surface area contributed by atoms with Crippen LogP contribution in [0, 0.1) is 6.92 Å². The Morgan fingerprint density at radius 1 is 1.33 bits per heavy atom. The largest absolute Gasteiger partial charge is 0.451 e. The lowest BCUT2D eigenvalue weighted by molar-refractivity contribution is -0.0134. The van der Waals surface area contributed by atoms with E-state index in [-0.39, 0.29) is 23.2 Å². The molecule has 1 aromatic carbocycles. The zero-order valence-corrected chi connectivity index (χ0v) is 12.1. The van der Waals surface area contributed by atoms with Crippen molar-refractivity contribution >= 4 is 16.9 Å². The lowest BCUT2D eigenvalue weighted by atomic mass is 10.1. The van der Waals surface area contributed by atoms with E-state index in [2.05, 4.69) is 0 Å². The van der Waals surface area contributed by atoms with Crippen molar-refractivity contribution in [3.05, 3.63) is 45.8 Å². The first kappa shape index (κ1) is 13.8. The van der Waals surface area contributed by atoms with Gasteiger partial charge in [-0.05, 0) is 26.0 Å². The van der Waals surface area contributed by atoms with Crippen LogP contribution in [0.3, 0.4) is 0 Å². The van der Waals surface area contributed by atoms with Crippen LogP contribution in [0.1, 0.15) is 23.0 Å². The second kappa shape index (κ2) is 5.33. The summed E-state index contributed by atoms with van der Waals surface area (Å²) in [5.74, 6) is -0.171. The number of nitrogens with zero attached hydrogens (tertiary/aromatic N) is 1. The van der Waals surface area contributed by atoms with Gasteiger partial charge in [0.1, 0.15) is 5.58 Å². The van der Waals surface area contributed by atoms with E-state index in [9.17, 15) is 9.59 Å². The number of rotatable bonds is 1. The molecule has 1 aliphatic heterocycles. The Kier molecular flexibility index (Phi) is 3.51. The van der Waals surface area contributed by atoms with Crippen molar-refractivity contribution in [3.63, 3.8) is 0 Å². The van der Waals surface area contributed by atoms with Gasteiger partial charge >= 0.3 is 0 Å². The lowest BCUT2D eigenvalue weighted by Crippen LogP contribution is -2.44. The van der Waals surface area contributed by atoms with Crippen molar-refractivity contribution in [1.82, 2.24) is 4.90 Å². The minimum absolute atomic E-state index is 0.00229. The van der Waals surface area contributed by atoms with E-state index in [0.29, 0.717) is 30.7 Å². The molecule has 1 fully saturated rings. The Labute approximate surface area is 122 Å². The molecule has 2 aromatic rings.